The van der Waals surface area contributed by atoms with E-state index in [1.165, 1.54) is 13.0 Å². The summed E-state index contributed by atoms with van der Waals surface area (Å²) in [4.78, 5) is 48.0. The summed E-state index contributed by atoms with van der Waals surface area (Å²) in [5, 5.41) is 11.5. The number of nitrogens with zero attached hydrogens (tertiary/aromatic N) is 1. The number of benzene rings is 2. The quantitative estimate of drug-likeness (QED) is 0.363. The number of hydrogen-bond donors (Lipinski definition) is 2. The van der Waals surface area contributed by atoms with Gasteiger partial charge in [-0.2, -0.15) is 0 Å². The molecule has 9 heteroatoms. The molecule has 0 atom stereocenters. The first-order valence-electron chi connectivity index (χ1n) is 9.40. The van der Waals surface area contributed by atoms with Gasteiger partial charge in [0.05, 0.1) is 4.91 Å². The van der Waals surface area contributed by atoms with Crippen LogP contribution in [0.4, 0.5) is 5.69 Å². The number of hydrogen-bond acceptors (Lipinski definition) is 6. The lowest BCUT2D eigenvalue weighted by molar-refractivity contribution is -0.140. The summed E-state index contributed by atoms with van der Waals surface area (Å²) in [7, 11) is 0. The normalized spacial score (nSPS) is 14.9. The molecule has 7 nitrogen and oxygen atoms in total. The van der Waals surface area contributed by atoms with Gasteiger partial charge in [0.1, 0.15) is 10.9 Å². The number of thioether (sulfide) groups is 1. The molecule has 1 saturated heterocycles. The molecule has 32 heavy (non-hydrogen) atoms. The van der Waals surface area contributed by atoms with Gasteiger partial charge in [0.25, 0.3) is 5.91 Å². The van der Waals surface area contributed by atoms with Gasteiger partial charge in [-0.05, 0) is 47.5 Å². The van der Waals surface area contributed by atoms with E-state index in [-0.39, 0.29) is 16.0 Å². The minimum Gasteiger partial charge on any atom is -0.480 e. The van der Waals surface area contributed by atoms with Crippen LogP contribution in [0.15, 0.2) is 59.5 Å². The Morgan fingerprint density at radius 2 is 1.69 bits per heavy atom. The molecule has 0 bridgehead atoms. The SMILES string of the molecule is CC(=O)Nc1ccc(C(=O)/C=C/c2ccc(/C=C3/SC(=S)N(CC(=O)O)C3=O)cc2)cc1. The van der Waals surface area contributed by atoms with E-state index in [0.717, 1.165) is 27.8 Å². The van der Waals surface area contributed by atoms with E-state index in [0.29, 0.717) is 16.2 Å². The van der Waals surface area contributed by atoms with Crippen molar-refractivity contribution in [3.63, 3.8) is 0 Å². The van der Waals surface area contributed by atoms with Crippen molar-refractivity contribution >= 4 is 69.7 Å². The maximum atomic E-state index is 12.3. The molecule has 0 saturated carbocycles. The number of carboxylic acid groups (broad SMARTS) is 1. The molecule has 1 heterocycles. The van der Waals surface area contributed by atoms with E-state index in [1.54, 1.807) is 60.7 Å². The summed E-state index contributed by atoms with van der Waals surface area (Å²) in [5.74, 6) is -1.91. The van der Waals surface area contributed by atoms with E-state index in [9.17, 15) is 19.2 Å². The molecule has 0 aromatic heterocycles. The Morgan fingerprint density at radius 3 is 2.28 bits per heavy atom. The van der Waals surface area contributed by atoms with Crippen LogP contribution in [-0.4, -0.2) is 44.4 Å². The second kappa shape index (κ2) is 10.2. The van der Waals surface area contributed by atoms with Crippen LogP contribution in [0, 0.1) is 0 Å². The Kier molecular flexibility index (Phi) is 7.34. The molecule has 0 spiro atoms. The fourth-order valence-corrected chi connectivity index (χ4v) is 4.07. The van der Waals surface area contributed by atoms with Crippen LogP contribution in [-0.2, 0) is 14.4 Å². The number of nitrogens with one attached hydrogen (secondary N) is 1. The smallest absolute Gasteiger partial charge is 0.323 e. The fourth-order valence-electron chi connectivity index (χ4n) is 2.82. The van der Waals surface area contributed by atoms with Gasteiger partial charge >= 0.3 is 5.97 Å². The number of amides is 2. The first-order chi connectivity index (χ1) is 15.2. The predicted molar refractivity (Wildman–Crippen MR) is 128 cm³/mol. The first kappa shape index (κ1) is 23.1. The molecule has 0 unspecified atom stereocenters. The Hall–Kier alpha value is -3.56. The van der Waals surface area contributed by atoms with Crippen molar-refractivity contribution in [1.82, 2.24) is 4.90 Å². The highest BCUT2D eigenvalue weighted by Gasteiger charge is 2.33. The lowest BCUT2D eigenvalue weighted by Crippen LogP contribution is -2.33. The highest BCUT2D eigenvalue weighted by Crippen LogP contribution is 2.32. The molecular weight excluding hydrogens is 448 g/mol. The standard InChI is InChI=1S/C23H18N2O5S2/c1-14(26)24-18-9-7-17(8-10-18)19(27)11-6-15-2-4-16(5-3-15)12-20-22(30)25(13-21(28)29)23(31)32-20/h2-12H,13H2,1H3,(H,24,26)(H,28,29)/b11-6+,20-12+. The van der Waals surface area contributed by atoms with Crippen LogP contribution in [0.1, 0.15) is 28.4 Å². The molecule has 3 rings (SSSR count). The van der Waals surface area contributed by atoms with Crippen LogP contribution in [0.3, 0.4) is 0 Å². The second-order valence-electron chi connectivity index (χ2n) is 6.78. The van der Waals surface area contributed by atoms with Crippen LogP contribution in [0.25, 0.3) is 12.2 Å². The number of carbonyl (C=O) groups is 4. The number of carboxylic acids is 1. The molecule has 2 aromatic rings. The third-order valence-electron chi connectivity index (χ3n) is 4.32. The monoisotopic (exact) mass is 466 g/mol. The fraction of sp³-hybridized carbons (Fsp3) is 0.0870. The average molecular weight is 467 g/mol. The van der Waals surface area contributed by atoms with E-state index in [1.807, 2.05) is 0 Å². The minimum absolute atomic E-state index is 0.175. The molecule has 0 aliphatic carbocycles. The zero-order valence-electron chi connectivity index (χ0n) is 16.9. The average Bonchev–Trinajstić information content (AvgIpc) is 3.00. The first-order valence-corrected chi connectivity index (χ1v) is 10.6. The number of anilines is 1. The second-order valence-corrected chi connectivity index (χ2v) is 8.46. The number of rotatable bonds is 7. The largest absolute Gasteiger partial charge is 0.480 e. The zero-order chi connectivity index (χ0) is 23.3. The number of carbonyl (C=O) groups excluding carboxylic acids is 3. The maximum Gasteiger partial charge on any atom is 0.323 e. The summed E-state index contributed by atoms with van der Waals surface area (Å²) in [6.07, 6.45) is 4.79. The molecule has 162 valence electrons. The lowest BCUT2D eigenvalue weighted by Gasteiger charge is -2.10. The Labute approximate surface area is 193 Å². The Bertz CT molecular complexity index is 1150. The van der Waals surface area contributed by atoms with Crippen LogP contribution >= 0.6 is 24.0 Å². The summed E-state index contributed by atoms with van der Waals surface area (Å²) < 4.78 is 0.215. The lowest BCUT2D eigenvalue weighted by atomic mass is 10.1. The Morgan fingerprint density at radius 1 is 1.06 bits per heavy atom. The third-order valence-corrected chi connectivity index (χ3v) is 5.70. The van der Waals surface area contributed by atoms with Crippen LogP contribution in [0.2, 0.25) is 0 Å². The van der Waals surface area contributed by atoms with Crippen molar-refractivity contribution in [1.29, 1.82) is 0 Å². The van der Waals surface area contributed by atoms with Gasteiger partial charge in [-0.15, -0.1) is 0 Å². The van der Waals surface area contributed by atoms with Gasteiger partial charge in [0.15, 0.2) is 5.78 Å². The predicted octanol–water partition coefficient (Wildman–Crippen LogP) is 3.83. The molecule has 1 aliphatic heterocycles. The van der Waals surface area contributed by atoms with E-state index >= 15 is 0 Å². The molecule has 1 aliphatic rings. The number of thiocarbonyl (C=S) groups is 1. The molecule has 2 amide bonds. The molecule has 2 aromatic carbocycles. The van der Waals surface area contributed by atoms with Crippen molar-refractivity contribution in [2.45, 2.75) is 6.92 Å². The van der Waals surface area contributed by atoms with Gasteiger partial charge in [0, 0.05) is 18.2 Å². The van der Waals surface area contributed by atoms with Gasteiger partial charge in [-0.3, -0.25) is 24.1 Å². The molecule has 0 radical (unpaired) electrons. The number of allylic oxidation sites excluding steroid dienone is 1. The van der Waals surface area contributed by atoms with Crippen molar-refractivity contribution in [2.75, 3.05) is 11.9 Å². The summed E-state index contributed by atoms with van der Waals surface area (Å²) >= 11 is 6.14. The molecular formula is C23H18N2O5S2. The minimum atomic E-state index is -1.13. The maximum absolute atomic E-state index is 12.3. The van der Waals surface area contributed by atoms with Gasteiger partial charge < -0.3 is 10.4 Å². The van der Waals surface area contributed by atoms with Crippen molar-refractivity contribution in [3.8, 4) is 0 Å². The highest BCUT2D eigenvalue weighted by molar-refractivity contribution is 8.26. The summed E-state index contributed by atoms with van der Waals surface area (Å²) in [6.45, 7) is 0.951. The highest BCUT2D eigenvalue weighted by atomic mass is 32.2. The third kappa shape index (κ3) is 5.99. The van der Waals surface area contributed by atoms with Crippen LogP contribution in [0.5, 0.6) is 0 Å². The van der Waals surface area contributed by atoms with E-state index in [2.05, 4.69) is 5.32 Å². The molecule has 1 fully saturated rings. The topological polar surface area (TPSA) is 104 Å². The zero-order valence-corrected chi connectivity index (χ0v) is 18.5. The Balaban J connectivity index is 1.65. The van der Waals surface area contributed by atoms with E-state index in [4.69, 9.17) is 17.3 Å². The van der Waals surface area contributed by atoms with Gasteiger partial charge in [-0.1, -0.05) is 54.3 Å². The van der Waals surface area contributed by atoms with Crippen molar-refractivity contribution in [3.05, 3.63) is 76.2 Å². The number of aliphatic carboxylic acids is 1. The summed E-state index contributed by atoms with van der Waals surface area (Å²) in [6, 6.07) is 13.8. The van der Waals surface area contributed by atoms with Gasteiger partial charge in [-0.25, -0.2) is 0 Å². The van der Waals surface area contributed by atoms with Crippen LogP contribution < -0.4 is 5.32 Å². The van der Waals surface area contributed by atoms with E-state index < -0.39 is 18.4 Å². The van der Waals surface area contributed by atoms with Gasteiger partial charge in [0.2, 0.25) is 5.91 Å². The number of ketones is 1. The molecule has 2 N–H and O–H groups in total. The van der Waals surface area contributed by atoms with Crippen molar-refractivity contribution in [2.24, 2.45) is 0 Å². The van der Waals surface area contributed by atoms with Crippen molar-refractivity contribution < 1.29 is 24.3 Å². The summed E-state index contributed by atoms with van der Waals surface area (Å²) in [5.41, 5.74) is 2.66.